The fraction of sp³-hybridized carbons (Fsp3) is 0.400. The Morgan fingerprint density at radius 1 is 1.43 bits per heavy atom. The van der Waals surface area contributed by atoms with E-state index in [0.717, 1.165) is 13.0 Å². The molecule has 1 aliphatic rings. The summed E-state index contributed by atoms with van der Waals surface area (Å²) in [7, 11) is 0. The van der Waals surface area contributed by atoms with Crippen LogP contribution in [0.3, 0.4) is 0 Å². The van der Waals surface area contributed by atoms with E-state index in [1.54, 1.807) is 0 Å². The summed E-state index contributed by atoms with van der Waals surface area (Å²) in [6, 6.07) is 0. The molecule has 0 aromatic heterocycles. The van der Waals surface area contributed by atoms with Crippen molar-refractivity contribution in [3.05, 3.63) is 18.7 Å². The largest absolute Gasteiger partial charge is 1.00 e. The quantitative estimate of drug-likeness (QED) is 0.200. The summed E-state index contributed by atoms with van der Waals surface area (Å²) < 4.78 is 0. The zero-order chi connectivity index (χ0) is 4.24. The molecule has 1 nitrogen and oxygen atoms in total. The third kappa shape index (κ3) is 2.93. The third-order valence-corrected chi connectivity index (χ3v) is 0.801. The first-order valence-electron chi connectivity index (χ1n) is 2.20. The summed E-state index contributed by atoms with van der Waals surface area (Å²) in [6.45, 7) is 3.07. The van der Waals surface area contributed by atoms with Crippen molar-refractivity contribution in [1.82, 2.24) is 5.32 Å². The van der Waals surface area contributed by atoms with Gasteiger partial charge in [-0.1, -0.05) is 6.08 Å². The molecule has 0 saturated heterocycles. The number of hydrogen-bond acceptors (Lipinski definition) is 1. The van der Waals surface area contributed by atoms with Gasteiger partial charge in [-0.25, -0.2) is 0 Å². The normalized spacial score (nSPS) is 18.3. The molecule has 0 fully saturated rings. The minimum absolute atomic E-state index is 0. The molecule has 0 amide bonds. The van der Waals surface area contributed by atoms with Crippen molar-refractivity contribution in [3.8, 4) is 0 Å². The van der Waals surface area contributed by atoms with Crippen LogP contribution in [0.2, 0.25) is 0 Å². The Morgan fingerprint density at radius 3 is 2.43 bits per heavy atom. The summed E-state index contributed by atoms with van der Waals surface area (Å²) in [5, 5.41) is 3.07. The first-order chi connectivity index (χ1) is 3.00. The minimum Gasteiger partial charge on any atom is -0.466 e. The van der Waals surface area contributed by atoms with Crippen LogP contribution < -0.4 is 24.2 Å². The van der Waals surface area contributed by atoms with Gasteiger partial charge in [0.15, 0.2) is 0 Å². The molecule has 0 aliphatic carbocycles. The van der Waals surface area contributed by atoms with Gasteiger partial charge < -0.3 is 5.32 Å². The van der Waals surface area contributed by atoms with Crippen molar-refractivity contribution in [1.29, 1.82) is 0 Å². The van der Waals surface area contributed by atoms with Crippen LogP contribution in [0.4, 0.5) is 0 Å². The van der Waals surface area contributed by atoms with E-state index in [9.17, 15) is 0 Å². The molecule has 0 spiro atoms. The maximum atomic E-state index is 3.07. The summed E-state index contributed by atoms with van der Waals surface area (Å²) >= 11 is 0. The molecular formula is C5H8LiN. The van der Waals surface area contributed by atoms with Gasteiger partial charge in [0.25, 0.3) is 0 Å². The Balaban J connectivity index is 0.000000360. The van der Waals surface area contributed by atoms with Gasteiger partial charge in [0.1, 0.15) is 0 Å². The van der Waals surface area contributed by atoms with E-state index in [1.807, 2.05) is 0 Å². The van der Waals surface area contributed by atoms with Crippen LogP contribution in [0.15, 0.2) is 12.2 Å². The maximum absolute atomic E-state index is 3.07. The molecule has 0 saturated carbocycles. The van der Waals surface area contributed by atoms with Crippen LogP contribution >= 0.6 is 0 Å². The van der Waals surface area contributed by atoms with E-state index in [2.05, 4.69) is 24.0 Å². The van der Waals surface area contributed by atoms with E-state index < -0.39 is 0 Å². The van der Waals surface area contributed by atoms with Gasteiger partial charge in [-0.15, -0.1) is 12.5 Å². The van der Waals surface area contributed by atoms with Crippen molar-refractivity contribution in [2.45, 2.75) is 6.42 Å². The van der Waals surface area contributed by atoms with Gasteiger partial charge in [-0.05, 0) is 6.54 Å². The Morgan fingerprint density at radius 2 is 2.29 bits per heavy atom. The summed E-state index contributed by atoms with van der Waals surface area (Å²) in [4.78, 5) is 0. The average Bonchev–Trinajstić information content (AvgIpc) is 1.72. The Labute approximate surface area is 56.4 Å². The number of hydrogen-bond donors (Lipinski definition) is 1. The summed E-state index contributed by atoms with van der Waals surface area (Å²) in [5.74, 6) is 0. The van der Waals surface area contributed by atoms with Crippen LogP contribution in [-0.2, 0) is 0 Å². The van der Waals surface area contributed by atoms with Gasteiger partial charge >= 0.3 is 18.9 Å². The molecule has 0 atom stereocenters. The topological polar surface area (TPSA) is 12.0 Å². The van der Waals surface area contributed by atoms with E-state index in [1.165, 1.54) is 0 Å². The van der Waals surface area contributed by atoms with Crippen LogP contribution in [0.1, 0.15) is 6.42 Å². The van der Waals surface area contributed by atoms with Crippen molar-refractivity contribution in [2.24, 2.45) is 0 Å². The Kier molecular flexibility index (Phi) is 4.65. The molecule has 1 rings (SSSR count). The molecule has 1 N–H and O–H groups in total. The second-order valence-corrected chi connectivity index (χ2v) is 1.32. The Hall–Kier alpha value is 0.297. The average molecular weight is 89.1 g/mol. The predicted octanol–water partition coefficient (Wildman–Crippen LogP) is -2.30. The monoisotopic (exact) mass is 89.1 g/mol. The van der Waals surface area contributed by atoms with Crippen LogP contribution in [-0.4, -0.2) is 6.54 Å². The van der Waals surface area contributed by atoms with Crippen LogP contribution in [0.5, 0.6) is 0 Å². The predicted molar refractivity (Wildman–Crippen MR) is 26.1 cm³/mol. The minimum atomic E-state index is 0. The van der Waals surface area contributed by atoms with Crippen molar-refractivity contribution >= 4 is 0 Å². The molecule has 0 unspecified atom stereocenters. The molecule has 0 aromatic carbocycles. The van der Waals surface area contributed by atoms with Crippen molar-refractivity contribution in [2.75, 3.05) is 6.54 Å². The Bertz CT molecular complexity index is 53.1. The second-order valence-electron chi connectivity index (χ2n) is 1.32. The molecule has 0 radical (unpaired) electrons. The molecular weight excluding hydrogens is 81.0 g/mol. The van der Waals surface area contributed by atoms with Crippen molar-refractivity contribution in [3.63, 3.8) is 0 Å². The molecule has 2 heteroatoms. The van der Waals surface area contributed by atoms with E-state index >= 15 is 0 Å². The van der Waals surface area contributed by atoms with Gasteiger partial charge in [0.05, 0.1) is 0 Å². The van der Waals surface area contributed by atoms with E-state index in [4.69, 9.17) is 0 Å². The number of rotatable bonds is 0. The standard InChI is InChI=1S/C5H8N.Li/c1-2-4-6-5-3-1;/h1-2,5-6H,3-4H2;/q-1;+1. The first-order valence-corrected chi connectivity index (χ1v) is 2.20. The first kappa shape index (κ1) is 7.30. The van der Waals surface area contributed by atoms with E-state index in [0.29, 0.717) is 0 Å². The zero-order valence-corrected chi connectivity index (χ0v) is 4.65. The van der Waals surface area contributed by atoms with Gasteiger partial charge in [-0.2, -0.15) is 0 Å². The van der Waals surface area contributed by atoms with Gasteiger partial charge in [0.2, 0.25) is 0 Å². The van der Waals surface area contributed by atoms with Gasteiger partial charge in [0, 0.05) is 0 Å². The molecule has 0 bridgehead atoms. The number of nitrogens with one attached hydrogen (secondary N) is 1. The molecule has 1 aliphatic heterocycles. The fourth-order valence-corrected chi connectivity index (χ4v) is 0.482. The molecule has 0 aromatic rings. The SMILES string of the molecule is C1=CCN[CH-]C1.[Li+]. The third-order valence-electron chi connectivity index (χ3n) is 0.801. The maximum Gasteiger partial charge on any atom is 1.00 e. The zero-order valence-electron chi connectivity index (χ0n) is 4.65. The summed E-state index contributed by atoms with van der Waals surface area (Å²) in [5.41, 5.74) is 0. The fourth-order valence-electron chi connectivity index (χ4n) is 0.482. The smallest absolute Gasteiger partial charge is 0.466 e. The van der Waals surface area contributed by atoms with E-state index in [-0.39, 0.29) is 18.9 Å². The van der Waals surface area contributed by atoms with Crippen LogP contribution in [0, 0.1) is 6.54 Å². The van der Waals surface area contributed by atoms with Crippen molar-refractivity contribution < 1.29 is 18.9 Å². The molecule has 1 heterocycles. The second kappa shape index (κ2) is 4.46. The van der Waals surface area contributed by atoms with Crippen LogP contribution in [0.25, 0.3) is 0 Å². The summed E-state index contributed by atoms with van der Waals surface area (Å²) in [6.07, 6.45) is 5.36. The van der Waals surface area contributed by atoms with Gasteiger partial charge in [-0.3, -0.25) is 6.54 Å². The molecule has 7 heavy (non-hydrogen) atoms. The molecule has 34 valence electrons.